The lowest BCUT2D eigenvalue weighted by Crippen LogP contribution is -2.31. The normalized spacial score (nSPS) is 30.0. The summed E-state index contributed by atoms with van der Waals surface area (Å²) in [6, 6.07) is 0. The molecule has 0 bridgehead atoms. The molecule has 0 aromatic carbocycles. The zero-order valence-corrected chi connectivity index (χ0v) is 10.4. The van der Waals surface area contributed by atoms with Gasteiger partial charge in [-0.3, -0.25) is 4.79 Å². The second kappa shape index (κ2) is 5.33. The molecule has 0 fully saturated rings. The van der Waals surface area contributed by atoms with Crippen molar-refractivity contribution in [3.8, 4) is 0 Å². The van der Waals surface area contributed by atoms with E-state index in [-0.39, 0.29) is 12.3 Å². The van der Waals surface area contributed by atoms with Gasteiger partial charge in [0.05, 0.1) is 6.42 Å². The lowest BCUT2D eigenvalue weighted by molar-refractivity contribution is -0.138. The zero-order valence-electron chi connectivity index (χ0n) is 10.4. The molecular weight excluding hydrogens is 200 g/mol. The van der Waals surface area contributed by atoms with E-state index in [0.717, 1.165) is 6.42 Å². The van der Waals surface area contributed by atoms with Gasteiger partial charge in [0.15, 0.2) is 0 Å². The Bertz CT molecular complexity index is 302. The molecule has 90 valence electrons. The highest BCUT2D eigenvalue weighted by Crippen LogP contribution is 2.40. The molecule has 0 amide bonds. The lowest BCUT2D eigenvalue weighted by Gasteiger charge is -2.37. The molecule has 0 spiro atoms. The van der Waals surface area contributed by atoms with Gasteiger partial charge >= 0.3 is 5.97 Å². The van der Waals surface area contributed by atoms with Crippen LogP contribution in [0.25, 0.3) is 0 Å². The first-order valence-electron chi connectivity index (χ1n) is 5.98. The smallest absolute Gasteiger partial charge is 0.303 e. The van der Waals surface area contributed by atoms with Crippen LogP contribution < -0.4 is 0 Å². The molecular formula is C14H22O2. The Morgan fingerprint density at radius 2 is 2.31 bits per heavy atom. The molecule has 0 heterocycles. The highest BCUT2D eigenvalue weighted by molar-refractivity contribution is 5.67. The van der Waals surface area contributed by atoms with E-state index < -0.39 is 5.97 Å². The van der Waals surface area contributed by atoms with E-state index in [1.54, 1.807) is 0 Å². The highest BCUT2D eigenvalue weighted by Gasteiger charge is 2.33. The fourth-order valence-corrected chi connectivity index (χ4v) is 2.77. The first-order chi connectivity index (χ1) is 7.47. The molecule has 0 aliphatic heterocycles. The Morgan fingerprint density at radius 3 is 2.75 bits per heavy atom. The van der Waals surface area contributed by atoms with Crippen molar-refractivity contribution >= 4 is 5.97 Å². The SMILES string of the molecule is C=C[C@@H]1[C@@H](C(C)C)CC=C(C)[C@@H]1CC(=O)O. The Hall–Kier alpha value is -1.05. The summed E-state index contributed by atoms with van der Waals surface area (Å²) in [5.74, 6) is 0.834. The van der Waals surface area contributed by atoms with Crippen molar-refractivity contribution in [1.29, 1.82) is 0 Å². The number of carbonyl (C=O) groups is 1. The van der Waals surface area contributed by atoms with E-state index in [2.05, 4.69) is 26.5 Å². The Balaban J connectivity index is 2.93. The van der Waals surface area contributed by atoms with Gasteiger partial charge in [0.2, 0.25) is 0 Å². The van der Waals surface area contributed by atoms with Crippen molar-refractivity contribution in [2.24, 2.45) is 23.7 Å². The quantitative estimate of drug-likeness (QED) is 0.739. The molecule has 0 saturated carbocycles. The fraction of sp³-hybridized carbons (Fsp3) is 0.643. The summed E-state index contributed by atoms with van der Waals surface area (Å²) in [7, 11) is 0. The summed E-state index contributed by atoms with van der Waals surface area (Å²) >= 11 is 0. The molecule has 0 saturated heterocycles. The van der Waals surface area contributed by atoms with E-state index in [0.29, 0.717) is 17.8 Å². The monoisotopic (exact) mass is 222 g/mol. The molecule has 0 unspecified atom stereocenters. The summed E-state index contributed by atoms with van der Waals surface area (Å²) < 4.78 is 0. The molecule has 1 aliphatic rings. The van der Waals surface area contributed by atoms with Crippen molar-refractivity contribution in [2.45, 2.75) is 33.6 Å². The van der Waals surface area contributed by atoms with Crippen LogP contribution >= 0.6 is 0 Å². The minimum Gasteiger partial charge on any atom is -0.481 e. The van der Waals surface area contributed by atoms with Crippen LogP contribution in [0, 0.1) is 23.7 Å². The molecule has 1 N–H and O–H groups in total. The van der Waals surface area contributed by atoms with Gasteiger partial charge in [-0.2, -0.15) is 0 Å². The van der Waals surface area contributed by atoms with Crippen LogP contribution in [0.2, 0.25) is 0 Å². The predicted octanol–water partition coefficient (Wildman–Crippen LogP) is 3.50. The van der Waals surface area contributed by atoms with Crippen molar-refractivity contribution < 1.29 is 9.90 Å². The van der Waals surface area contributed by atoms with Crippen molar-refractivity contribution in [2.75, 3.05) is 0 Å². The van der Waals surface area contributed by atoms with Gasteiger partial charge in [0.25, 0.3) is 0 Å². The first-order valence-corrected chi connectivity index (χ1v) is 5.98. The van der Waals surface area contributed by atoms with Crippen LogP contribution in [0.5, 0.6) is 0 Å². The van der Waals surface area contributed by atoms with Crippen molar-refractivity contribution in [3.05, 3.63) is 24.3 Å². The summed E-state index contributed by atoms with van der Waals surface area (Å²) in [6.07, 6.45) is 5.44. The Morgan fingerprint density at radius 1 is 1.69 bits per heavy atom. The number of rotatable bonds is 4. The maximum atomic E-state index is 10.9. The number of hydrogen-bond acceptors (Lipinski definition) is 1. The molecule has 2 nitrogen and oxygen atoms in total. The van der Waals surface area contributed by atoms with Crippen LogP contribution in [-0.2, 0) is 4.79 Å². The topological polar surface area (TPSA) is 37.3 Å². The van der Waals surface area contributed by atoms with Crippen LogP contribution in [-0.4, -0.2) is 11.1 Å². The van der Waals surface area contributed by atoms with E-state index in [1.165, 1.54) is 5.57 Å². The summed E-state index contributed by atoms with van der Waals surface area (Å²) in [6.45, 7) is 10.3. The number of aliphatic carboxylic acids is 1. The molecule has 0 aromatic rings. The Kier molecular flexibility index (Phi) is 4.34. The van der Waals surface area contributed by atoms with Crippen LogP contribution in [0.4, 0.5) is 0 Å². The summed E-state index contributed by atoms with van der Waals surface area (Å²) in [5, 5.41) is 8.96. The molecule has 1 aliphatic carbocycles. The summed E-state index contributed by atoms with van der Waals surface area (Å²) in [4.78, 5) is 10.9. The third kappa shape index (κ3) is 2.75. The standard InChI is InChI=1S/C14H22O2/c1-5-11-12(9(2)3)7-6-10(4)13(11)8-14(15)16/h5-6,9,11-13H,1,7-8H2,2-4H3,(H,15,16)/t11-,12-,13+/m1/s1. The fourth-order valence-electron chi connectivity index (χ4n) is 2.77. The zero-order chi connectivity index (χ0) is 12.3. The average Bonchev–Trinajstić information content (AvgIpc) is 2.19. The van der Waals surface area contributed by atoms with E-state index >= 15 is 0 Å². The largest absolute Gasteiger partial charge is 0.481 e. The van der Waals surface area contributed by atoms with Crippen molar-refractivity contribution in [1.82, 2.24) is 0 Å². The highest BCUT2D eigenvalue weighted by atomic mass is 16.4. The summed E-state index contributed by atoms with van der Waals surface area (Å²) in [5.41, 5.74) is 1.21. The maximum absolute atomic E-state index is 10.9. The number of carboxylic acids is 1. The number of allylic oxidation sites excluding steroid dienone is 3. The van der Waals surface area contributed by atoms with E-state index in [9.17, 15) is 4.79 Å². The van der Waals surface area contributed by atoms with Crippen LogP contribution in [0.15, 0.2) is 24.3 Å². The van der Waals surface area contributed by atoms with Gasteiger partial charge in [-0.15, -0.1) is 6.58 Å². The van der Waals surface area contributed by atoms with Crippen LogP contribution in [0.3, 0.4) is 0 Å². The van der Waals surface area contributed by atoms with Gasteiger partial charge in [0, 0.05) is 0 Å². The molecule has 2 heteroatoms. The third-order valence-corrected chi connectivity index (χ3v) is 3.78. The van der Waals surface area contributed by atoms with Gasteiger partial charge < -0.3 is 5.11 Å². The molecule has 1 rings (SSSR count). The minimum atomic E-state index is -0.714. The van der Waals surface area contributed by atoms with Gasteiger partial charge in [0.1, 0.15) is 0 Å². The predicted molar refractivity (Wildman–Crippen MR) is 66.1 cm³/mol. The van der Waals surface area contributed by atoms with E-state index in [4.69, 9.17) is 5.11 Å². The molecule has 16 heavy (non-hydrogen) atoms. The average molecular weight is 222 g/mol. The second-order valence-corrected chi connectivity index (χ2v) is 5.11. The first kappa shape index (κ1) is 13.0. The second-order valence-electron chi connectivity index (χ2n) is 5.11. The molecule has 3 atom stereocenters. The third-order valence-electron chi connectivity index (χ3n) is 3.78. The van der Waals surface area contributed by atoms with Crippen molar-refractivity contribution in [3.63, 3.8) is 0 Å². The molecule has 0 radical (unpaired) electrons. The van der Waals surface area contributed by atoms with Gasteiger partial charge in [-0.1, -0.05) is 31.6 Å². The van der Waals surface area contributed by atoms with Gasteiger partial charge in [-0.25, -0.2) is 0 Å². The molecule has 0 aromatic heterocycles. The van der Waals surface area contributed by atoms with Crippen LogP contribution in [0.1, 0.15) is 33.6 Å². The lowest BCUT2D eigenvalue weighted by atomic mass is 9.67. The Labute approximate surface area is 98.1 Å². The minimum absolute atomic E-state index is 0.135. The van der Waals surface area contributed by atoms with E-state index in [1.807, 2.05) is 13.0 Å². The number of hydrogen-bond donors (Lipinski definition) is 1. The van der Waals surface area contributed by atoms with Gasteiger partial charge in [-0.05, 0) is 37.0 Å². The maximum Gasteiger partial charge on any atom is 0.303 e. The number of carboxylic acid groups (broad SMARTS) is 1.